The fourth-order valence-electron chi connectivity index (χ4n) is 1.24. The Morgan fingerprint density at radius 1 is 1.11 bits per heavy atom. The molecule has 18 heavy (non-hydrogen) atoms. The molecule has 0 fully saturated rings. The maximum absolute atomic E-state index is 5.98. The molecule has 2 aromatic rings. The van der Waals surface area contributed by atoms with Crippen LogP contribution in [0.15, 0.2) is 24.5 Å². The molecule has 0 saturated heterocycles. The van der Waals surface area contributed by atoms with E-state index in [-0.39, 0.29) is 16.8 Å². The van der Waals surface area contributed by atoms with Crippen molar-refractivity contribution in [3.8, 4) is 17.4 Å². The molecule has 0 radical (unpaired) electrons. The Labute approximate surface area is 118 Å². The lowest BCUT2D eigenvalue weighted by Gasteiger charge is -2.10. The lowest BCUT2D eigenvalue weighted by molar-refractivity contribution is 0.367. The highest BCUT2D eigenvalue weighted by Gasteiger charge is 2.14. The second kappa shape index (κ2) is 5.61. The predicted molar refractivity (Wildman–Crippen MR) is 70.1 cm³/mol. The third-order valence-corrected chi connectivity index (χ3v) is 2.85. The molecule has 0 spiro atoms. The van der Waals surface area contributed by atoms with Gasteiger partial charge in [-0.05, 0) is 12.1 Å². The summed E-state index contributed by atoms with van der Waals surface area (Å²) in [4.78, 5) is 7.71. The van der Waals surface area contributed by atoms with Crippen LogP contribution < -0.4 is 9.47 Å². The van der Waals surface area contributed by atoms with Crippen molar-refractivity contribution in [2.45, 2.75) is 0 Å². The van der Waals surface area contributed by atoms with Gasteiger partial charge in [0.1, 0.15) is 12.1 Å². The SMILES string of the molecule is COc1c(Cl)ncnc1Oc1cc(Cl)ccc1Cl. The number of aromatic nitrogens is 2. The van der Waals surface area contributed by atoms with Crippen molar-refractivity contribution in [2.24, 2.45) is 0 Å². The molecule has 0 amide bonds. The lowest BCUT2D eigenvalue weighted by Crippen LogP contribution is -1.96. The Bertz CT molecular complexity index is 578. The zero-order chi connectivity index (χ0) is 13.1. The molecule has 7 heteroatoms. The fraction of sp³-hybridized carbons (Fsp3) is 0.0909. The summed E-state index contributed by atoms with van der Waals surface area (Å²) in [6.07, 6.45) is 1.26. The first-order chi connectivity index (χ1) is 8.61. The standard InChI is InChI=1S/C11H7Cl3N2O2/c1-17-9-10(14)15-5-16-11(9)18-8-4-6(12)2-3-7(8)13/h2-5H,1H3. The molecular formula is C11H7Cl3N2O2. The van der Waals surface area contributed by atoms with E-state index < -0.39 is 0 Å². The van der Waals surface area contributed by atoms with Gasteiger partial charge >= 0.3 is 0 Å². The van der Waals surface area contributed by atoms with Crippen molar-refractivity contribution in [2.75, 3.05) is 7.11 Å². The number of rotatable bonds is 3. The van der Waals surface area contributed by atoms with Crippen molar-refractivity contribution in [1.82, 2.24) is 9.97 Å². The zero-order valence-electron chi connectivity index (χ0n) is 9.15. The summed E-state index contributed by atoms with van der Waals surface area (Å²) >= 11 is 17.7. The van der Waals surface area contributed by atoms with Gasteiger partial charge in [-0.15, -0.1) is 0 Å². The Morgan fingerprint density at radius 2 is 1.89 bits per heavy atom. The third-order valence-electron chi connectivity index (χ3n) is 2.03. The van der Waals surface area contributed by atoms with E-state index in [0.717, 1.165) is 0 Å². The molecule has 0 unspecified atom stereocenters. The predicted octanol–water partition coefficient (Wildman–Crippen LogP) is 4.24. The first-order valence-electron chi connectivity index (χ1n) is 4.79. The molecule has 0 atom stereocenters. The van der Waals surface area contributed by atoms with Crippen LogP contribution >= 0.6 is 34.8 Å². The second-order valence-corrected chi connectivity index (χ2v) is 4.38. The molecule has 1 heterocycles. The summed E-state index contributed by atoms with van der Waals surface area (Å²) in [6.45, 7) is 0. The minimum atomic E-state index is 0.153. The Morgan fingerprint density at radius 3 is 2.61 bits per heavy atom. The van der Waals surface area contributed by atoms with E-state index in [2.05, 4.69) is 9.97 Å². The van der Waals surface area contributed by atoms with Crippen molar-refractivity contribution in [3.05, 3.63) is 39.7 Å². The monoisotopic (exact) mass is 304 g/mol. The largest absolute Gasteiger partial charge is 0.489 e. The van der Waals surface area contributed by atoms with Gasteiger partial charge in [0.05, 0.1) is 12.1 Å². The van der Waals surface area contributed by atoms with Gasteiger partial charge in [0.2, 0.25) is 5.75 Å². The molecule has 0 saturated carbocycles. The fourth-order valence-corrected chi connectivity index (χ4v) is 1.76. The maximum Gasteiger partial charge on any atom is 0.267 e. The van der Waals surface area contributed by atoms with E-state index in [4.69, 9.17) is 44.3 Å². The van der Waals surface area contributed by atoms with Gasteiger partial charge in [0.15, 0.2) is 5.15 Å². The summed E-state index contributed by atoms with van der Waals surface area (Å²) in [6, 6.07) is 4.84. The molecule has 0 N–H and O–H groups in total. The van der Waals surface area contributed by atoms with Crippen LogP contribution in [0.2, 0.25) is 15.2 Å². The van der Waals surface area contributed by atoms with Crippen molar-refractivity contribution < 1.29 is 9.47 Å². The molecule has 94 valence electrons. The summed E-state index contributed by atoms with van der Waals surface area (Å²) in [7, 11) is 1.44. The van der Waals surface area contributed by atoms with Crippen LogP contribution in [-0.4, -0.2) is 17.1 Å². The Kier molecular flexibility index (Phi) is 4.11. The van der Waals surface area contributed by atoms with Gasteiger partial charge in [-0.3, -0.25) is 0 Å². The highest BCUT2D eigenvalue weighted by Crippen LogP contribution is 2.37. The average molecular weight is 306 g/mol. The zero-order valence-corrected chi connectivity index (χ0v) is 11.4. The molecule has 4 nitrogen and oxygen atoms in total. The summed E-state index contributed by atoms with van der Waals surface area (Å²) in [5.74, 6) is 0.758. The van der Waals surface area contributed by atoms with E-state index in [1.807, 2.05) is 0 Å². The minimum absolute atomic E-state index is 0.153. The van der Waals surface area contributed by atoms with Gasteiger partial charge in [0, 0.05) is 11.1 Å². The van der Waals surface area contributed by atoms with Crippen LogP contribution in [0.25, 0.3) is 0 Å². The Balaban J connectivity index is 2.40. The molecule has 0 aliphatic heterocycles. The summed E-state index contributed by atoms with van der Waals surface area (Å²) in [5.41, 5.74) is 0. The summed E-state index contributed by atoms with van der Waals surface area (Å²) in [5, 5.41) is 1.05. The summed E-state index contributed by atoms with van der Waals surface area (Å²) < 4.78 is 10.6. The number of benzene rings is 1. The van der Waals surface area contributed by atoms with Gasteiger partial charge in [-0.25, -0.2) is 4.98 Å². The molecule has 1 aromatic heterocycles. The molecule has 0 aliphatic carbocycles. The van der Waals surface area contributed by atoms with E-state index >= 15 is 0 Å². The first-order valence-corrected chi connectivity index (χ1v) is 5.92. The third kappa shape index (κ3) is 2.77. The molecule has 2 rings (SSSR count). The van der Waals surface area contributed by atoms with Crippen LogP contribution in [0.5, 0.6) is 17.4 Å². The number of ether oxygens (including phenoxy) is 2. The van der Waals surface area contributed by atoms with E-state index in [1.165, 1.54) is 13.4 Å². The van der Waals surface area contributed by atoms with Gasteiger partial charge in [-0.2, -0.15) is 4.98 Å². The van der Waals surface area contributed by atoms with Gasteiger partial charge < -0.3 is 9.47 Å². The highest BCUT2D eigenvalue weighted by molar-refractivity contribution is 6.34. The van der Waals surface area contributed by atoms with Crippen LogP contribution in [0.4, 0.5) is 0 Å². The van der Waals surface area contributed by atoms with Crippen LogP contribution in [-0.2, 0) is 0 Å². The lowest BCUT2D eigenvalue weighted by atomic mass is 10.3. The number of hydrogen-bond donors (Lipinski definition) is 0. The Hall–Kier alpha value is -1.23. The molecule has 0 aliphatic rings. The quantitative estimate of drug-likeness (QED) is 0.796. The normalized spacial score (nSPS) is 10.2. The first kappa shape index (κ1) is 13.2. The number of methoxy groups -OCH3 is 1. The average Bonchev–Trinajstić information content (AvgIpc) is 2.34. The smallest absolute Gasteiger partial charge is 0.267 e. The maximum atomic E-state index is 5.98. The van der Waals surface area contributed by atoms with Gasteiger partial charge in [0.25, 0.3) is 5.88 Å². The van der Waals surface area contributed by atoms with E-state index in [1.54, 1.807) is 18.2 Å². The minimum Gasteiger partial charge on any atom is -0.489 e. The molecule has 0 bridgehead atoms. The molecular weight excluding hydrogens is 298 g/mol. The number of nitrogens with zero attached hydrogens (tertiary/aromatic N) is 2. The van der Waals surface area contributed by atoms with Crippen molar-refractivity contribution in [1.29, 1.82) is 0 Å². The van der Waals surface area contributed by atoms with Gasteiger partial charge in [-0.1, -0.05) is 34.8 Å². The van der Waals surface area contributed by atoms with Crippen LogP contribution in [0.3, 0.4) is 0 Å². The van der Waals surface area contributed by atoms with Crippen molar-refractivity contribution >= 4 is 34.8 Å². The van der Waals surface area contributed by atoms with Crippen LogP contribution in [0, 0.1) is 0 Å². The number of halogens is 3. The van der Waals surface area contributed by atoms with Crippen molar-refractivity contribution in [3.63, 3.8) is 0 Å². The highest BCUT2D eigenvalue weighted by atomic mass is 35.5. The topological polar surface area (TPSA) is 44.2 Å². The van der Waals surface area contributed by atoms with E-state index in [9.17, 15) is 0 Å². The van der Waals surface area contributed by atoms with Crippen LogP contribution in [0.1, 0.15) is 0 Å². The second-order valence-electron chi connectivity index (χ2n) is 3.18. The molecule has 1 aromatic carbocycles. The van der Waals surface area contributed by atoms with E-state index in [0.29, 0.717) is 15.8 Å². The number of hydrogen-bond acceptors (Lipinski definition) is 4.